The average molecular weight is 97.1 g/mol. The van der Waals surface area contributed by atoms with Crippen LogP contribution in [0.1, 0.15) is 0 Å². The minimum absolute atomic E-state index is 0.305. The zero-order valence-corrected chi connectivity index (χ0v) is 4.05. The number of rotatable bonds is 1. The van der Waals surface area contributed by atoms with Crippen LogP contribution in [-0.4, -0.2) is 23.8 Å². The van der Waals surface area contributed by atoms with Gasteiger partial charge in [-0.2, -0.15) is 0 Å². The van der Waals surface area contributed by atoms with Crippen LogP contribution in [-0.2, 0) is 4.79 Å². The fraction of sp³-hybridized carbons (Fsp3) is 0.400. The lowest BCUT2D eigenvalue weighted by Crippen LogP contribution is -2.42. The van der Waals surface area contributed by atoms with Gasteiger partial charge in [0, 0.05) is 0 Å². The molecule has 0 aliphatic carbocycles. The van der Waals surface area contributed by atoms with E-state index in [-0.39, 0.29) is 0 Å². The largest absolute Gasteiger partial charge is 0.363 e. The molecule has 0 N–H and O–H groups in total. The van der Waals surface area contributed by atoms with E-state index in [4.69, 9.17) is 0 Å². The van der Waals surface area contributed by atoms with E-state index in [1.165, 1.54) is 0 Å². The Morgan fingerprint density at radius 3 is 2.43 bits per heavy atom. The van der Waals surface area contributed by atoms with Crippen LogP contribution in [0.15, 0.2) is 12.8 Å². The van der Waals surface area contributed by atoms with Crippen molar-refractivity contribution in [3.8, 4) is 0 Å². The number of carbonyl (C=O) groups excluding carboxylic acids is 1. The molecule has 2 nitrogen and oxygen atoms in total. The Morgan fingerprint density at radius 1 is 1.71 bits per heavy atom. The lowest BCUT2D eigenvalue weighted by molar-refractivity contribution is -0.126. The molecule has 2 heteroatoms. The summed E-state index contributed by atoms with van der Waals surface area (Å²) in [5.74, 6) is 0.305. The standard InChI is InChI=1S/C5H7NO/c1-2-6-3-5(7)4-6/h2H,1,3-4H2. The molecule has 0 aromatic heterocycles. The summed E-state index contributed by atoms with van der Waals surface area (Å²) >= 11 is 0. The van der Waals surface area contributed by atoms with Crippen LogP contribution in [0.25, 0.3) is 0 Å². The van der Waals surface area contributed by atoms with Crippen molar-refractivity contribution in [1.82, 2.24) is 4.90 Å². The number of Topliss-reactive ketones (excluding diaryl/α,β-unsaturated/α-hetero) is 1. The molecular weight excluding hydrogens is 90.1 g/mol. The van der Waals surface area contributed by atoms with Gasteiger partial charge in [0.2, 0.25) is 0 Å². The van der Waals surface area contributed by atoms with Crippen LogP contribution in [0.2, 0.25) is 0 Å². The lowest BCUT2D eigenvalue weighted by atomic mass is 10.2. The molecule has 0 bridgehead atoms. The fourth-order valence-electron chi connectivity index (χ4n) is 0.536. The molecule has 0 radical (unpaired) electrons. The van der Waals surface area contributed by atoms with Crippen molar-refractivity contribution in [2.24, 2.45) is 0 Å². The van der Waals surface area contributed by atoms with Gasteiger partial charge in [0.1, 0.15) is 0 Å². The third-order valence-corrected chi connectivity index (χ3v) is 1.02. The van der Waals surface area contributed by atoms with Gasteiger partial charge in [-0.05, 0) is 6.20 Å². The predicted molar refractivity (Wildman–Crippen MR) is 26.8 cm³/mol. The van der Waals surface area contributed by atoms with Gasteiger partial charge in [-0.15, -0.1) is 0 Å². The first-order chi connectivity index (χ1) is 3.33. The van der Waals surface area contributed by atoms with Gasteiger partial charge < -0.3 is 4.90 Å². The molecule has 0 atom stereocenters. The van der Waals surface area contributed by atoms with E-state index >= 15 is 0 Å². The normalized spacial score (nSPS) is 18.9. The number of hydrogen-bond acceptors (Lipinski definition) is 2. The maximum Gasteiger partial charge on any atom is 0.171 e. The van der Waals surface area contributed by atoms with E-state index in [0.29, 0.717) is 18.9 Å². The first kappa shape index (κ1) is 4.37. The summed E-state index contributed by atoms with van der Waals surface area (Å²) in [5, 5.41) is 0. The second kappa shape index (κ2) is 1.37. The third kappa shape index (κ3) is 0.633. The maximum atomic E-state index is 10.2. The molecule has 0 unspecified atom stereocenters. The molecule has 0 aromatic rings. The molecule has 1 aliphatic heterocycles. The van der Waals surface area contributed by atoms with Crippen LogP contribution < -0.4 is 0 Å². The van der Waals surface area contributed by atoms with Gasteiger partial charge in [0.05, 0.1) is 13.1 Å². The van der Waals surface area contributed by atoms with E-state index in [1.807, 2.05) is 4.90 Å². The Kier molecular flexibility index (Phi) is 0.855. The van der Waals surface area contributed by atoms with Crippen molar-refractivity contribution in [1.29, 1.82) is 0 Å². The molecule has 0 saturated carbocycles. The van der Waals surface area contributed by atoms with Gasteiger partial charge in [0.15, 0.2) is 5.78 Å². The van der Waals surface area contributed by atoms with Crippen LogP contribution >= 0.6 is 0 Å². The minimum atomic E-state index is 0.305. The summed E-state index contributed by atoms with van der Waals surface area (Å²) in [7, 11) is 0. The van der Waals surface area contributed by atoms with Crippen LogP contribution in [0.5, 0.6) is 0 Å². The highest BCUT2D eigenvalue weighted by Gasteiger charge is 2.18. The summed E-state index contributed by atoms with van der Waals surface area (Å²) in [6, 6.07) is 0. The van der Waals surface area contributed by atoms with Gasteiger partial charge in [-0.25, -0.2) is 0 Å². The summed E-state index contributed by atoms with van der Waals surface area (Å²) in [5.41, 5.74) is 0. The van der Waals surface area contributed by atoms with Crippen molar-refractivity contribution in [3.63, 3.8) is 0 Å². The van der Waals surface area contributed by atoms with Crippen LogP contribution in [0.3, 0.4) is 0 Å². The topological polar surface area (TPSA) is 20.3 Å². The quantitative estimate of drug-likeness (QED) is 0.459. The van der Waals surface area contributed by atoms with Gasteiger partial charge in [-0.3, -0.25) is 4.79 Å². The van der Waals surface area contributed by atoms with Crippen LogP contribution in [0, 0.1) is 0 Å². The van der Waals surface area contributed by atoms with Crippen molar-refractivity contribution < 1.29 is 4.79 Å². The Hall–Kier alpha value is -0.790. The first-order valence-electron chi connectivity index (χ1n) is 2.21. The SMILES string of the molecule is C=CN1CC(=O)C1. The Labute approximate surface area is 42.4 Å². The summed E-state index contributed by atoms with van der Waals surface area (Å²) in [6.45, 7) is 4.64. The number of likely N-dealkylation sites (tertiary alicyclic amines) is 1. The van der Waals surface area contributed by atoms with Crippen molar-refractivity contribution in [2.45, 2.75) is 0 Å². The summed E-state index contributed by atoms with van der Waals surface area (Å²) in [6.07, 6.45) is 1.68. The highest BCUT2D eigenvalue weighted by Crippen LogP contribution is 1.99. The predicted octanol–water partition coefficient (Wildman–Crippen LogP) is 0.0146. The molecular formula is C5H7NO. The molecule has 38 valence electrons. The molecule has 1 fully saturated rings. The second-order valence-electron chi connectivity index (χ2n) is 1.63. The third-order valence-electron chi connectivity index (χ3n) is 1.02. The summed E-state index contributed by atoms with van der Waals surface area (Å²) in [4.78, 5) is 12.0. The zero-order valence-electron chi connectivity index (χ0n) is 4.05. The number of carbonyl (C=O) groups is 1. The molecule has 0 amide bonds. The Morgan fingerprint density at radius 2 is 2.29 bits per heavy atom. The first-order valence-corrected chi connectivity index (χ1v) is 2.21. The molecule has 7 heavy (non-hydrogen) atoms. The van der Waals surface area contributed by atoms with Crippen molar-refractivity contribution in [3.05, 3.63) is 12.8 Å². The molecule has 1 rings (SSSR count). The number of hydrogen-bond donors (Lipinski definition) is 0. The molecule has 0 spiro atoms. The molecule has 1 aliphatic rings. The van der Waals surface area contributed by atoms with E-state index < -0.39 is 0 Å². The lowest BCUT2D eigenvalue weighted by Gasteiger charge is -2.26. The Bertz CT molecular complexity index is 101. The molecule has 1 heterocycles. The second-order valence-corrected chi connectivity index (χ2v) is 1.63. The van der Waals surface area contributed by atoms with Crippen LogP contribution in [0.4, 0.5) is 0 Å². The van der Waals surface area contributed by atoms with Gasteiger partial charge >= 0.3 is 0 Å². The average Bonchev–Trinajstić information content (AvgIpc) is 1.58. The van der Waals surface area contributed by atoms with E-state index in [0.717, 1.165) is 0 Å². The van der Waals surface area contributed by atoms with E-state index in [1.54, 1.807) is 6.20 Å². The number of nitrogens with zero attached hydrogens (tertiary/aromatic N) is 1. The molecule has 1 saturated heterocycles. The number of ketones is 1. The Balaban J connectivity index is 2.29. The zero-order chi connectivity index (χ0) is 5.28. The highest BCUT2D eigenvalue weighted by atomic mass is 16.1. The van der Waals surface area contributed by atoms with E-state index in [9.17, 15) is 4.79 Å². The monoisotopic (exact) mass is 97.1 g/mol. The fourth-order valence-corrected chi connectivity index (χ4v) is 0.536. The minimum Gasteiger partial charge on any atom is -0.363 e. The smallest absolute Gasteiger partial charge is 0.171 e. The van der Waals surface area contributed by atoms with Gasteiger partial charge in [-0.1, -0.05) is 6.58 Å². The summed E-state index contributed by atoms with van der Waals surface area (Å²) < 4.78 is 0. The van der Waals surface area contributed by atoms with Crippen molar-refractivity contribution in [2.75, 3.05) is 13.1 Å². The van der Waals surface area contributed by atoms with E-state index in [2.05, 4.69) is 6.58 Å². The highest BCUT2D eigenvalue weighted by molar-refractivity contribution is 5.87. The maximum absolute atomic E-state index is 10.2. The molecule has 0 aromatic carbocycles. The van der Waals surface area contributed by atoms with Crippen molar-refractivity contribution >= 4 is 5.78 Å². The van der Waals surface area contributed by atoms with Gasteiger partial charge in [0.25, 0.3) is 0 Å².